The number of nitrogens with one attached hydrogen (secondary N) is 1. The van der Waals surface area contributed by atoms with E-state index in [4.69, 9.17) is 4.74 Å². The van der Waals surface area contributed by atoms with Crippen LogP contribution in [0.15, 0.2) is 0 Å². The van der Waals surface area contributed by atoms with Gasteiger partial charge in [-0.05, 0) is 50.5 Å². The Hall–Kier alpha value is -0.120. The topological polar surface area (TPSA) is 24.5 Å². The first kappa shape index (κ1) is 16.3. The molecule has 2 unspecified atom stereocenters. The lowest BCUT2D eigenvalue weighted by Crippen LogP contribution is -2.66. The van der Waals surface area contributed by atoms with Crippen molar-refractivity contribution < 1.29 is 4.74 Å². The first-order chi connectivity index (χ1) is 9.38. The number of piperazine rings is 1. The van der Waals surface area contributed by atoms with E-state index < -0.39 is 0 Å². The number of unbranched alkanes of at least 4 members (excludes halogenated alkanes) is 1. The minimum absolute atomic E-state index is 0.343. The first-order valence-corrected chi connectivity index (χ1v) is 8.35. The normalized spacial score (nSPS) is 32.5. The fraction of sp³-hybridized carbons (Fsp3) is 1.00. The molecule has 20 heavy (non-hydrogen) atoms. The van der Waals surface area contributed by atoms with E-state index in [0.717, 1.165) is 19.1 Å². The van der Waals surface area contributed by atoms with Crippen LogP contribution in [-0.4, -0.2) is 49.8 Å². The lowest BCUT2D eigenvalue weighted by atomic mass is 9.81. The zero-order valence-electron chi connectivity index (χ0n) is 14.2. The quantitative estimate of drug-likeness (QED) is 0.758. The van der Waals surface area contributed by atoms with Gasteiger partial charge in [-0.1, -0.05) is 20.8 Å². The molecule has 0 radical (unpaired) electrons. The largest absolute Gasteiger partial charge is 0.385 e. The zero-order valence-corrected chi connectivity index (χ0v) is 14.2. The number of nitrogens with zero attached hydrogens (tertiary/aromatic N) is 1. The number of methoxy groups -OCH3 is 1. The maximum Gasteiger partial charge on any atom is 0.0462 e. The number of hydrogen-bond acceptors (Lipinski definition) is 3. The van der Waals surface area contributed by atoms with Crippen LogP contribution in [0, 0.1) is 11.3 Å². The smallest absolute Gasteiger partial charge is 0.0462 e. The van der Waals surface area contributed by atoms with Gasteiger partial charge in [0.05, 0.1) is 0 Å². The fourth-order valence-corrected chi connectivity index (χ4v) is 3.52. The maximum atomic E-state index is 5.19. The van der Waals surface area contributed by atoms with Gasteiger partial charge < -0.3 is 10.1 Å². The van der Waals surface area contributed by atoms with Gasteiger partial charge in [-0.3, -0.25) is 4.90 Å². The van der Waals surface area contributed by atoms with Crippen LogP contribution in [0.2, 0.25) is 0 Å². The molecule has 1 saturated heterocycles. The van der Waals surface area contributed by atoms with Crippen LogP contribution in [0.4, 0.5) is 0 Å². The van der Waals surface area contributed by atoms with Gasteiger partial charge in [0.2, 0.25) is 0 Å². The summed E-state index contributed by atoms with van der Waals surface area (Å²) in [6.07, 6.45) is 5.29. The van der Waals surface area contributed by atoms with Gasteiger partial charge in [0.15, 0.2) is 0 Å². The van der Waals surface area contributed by atoms with Crippen molar-refractivity contribution in [2.75, 3.05) is 33.4 Å². The van der Waals surface area contributed by atoms with Crippen LogP contribution in [0.1, 0.15) is 53.4 Å². The highest BCUT2D eigenvalue weighted by atomic mass is 16.5. The van der Waals surface area contributed by atoms with E-state index in [0.29, 0.717) is 17.0 Å². The highest BCUT2D eigenvalue weighted by Gasteiger charge is 2.49. The second kappa shape index (κ2) is 6.33. The predicted molar refractivity (Wildman–Crippen MR) is 85.1 cm³/mol. The molecule has 0 bridgehead atoms. The highest BCUT2D eigenvalue weighted by molar-refractivity contribution is 5.06. The van der Waals surface area contributed by atoms with Crippen molar-refractivity contribution in [3.63, 3.8) is 0 Å². The number of hydrogen-bond donors (Lipinski definition) is 1. The Morgan fingerprint density at radius 3 is 2.50 bits per heavy atom. The van der Waals surface area contributed by atoms with Gasteiger partial charge in [0.1, 0.15) is 0 Å². The molecule has 0 aromatic carbocycles. The van der Waals surface area contributed by atoms with Gasteiger partial charge in [-0.15, -0.1) is 0 Å². The molecule has 3 nitrogen and oxygen atoms in total. The van der Waals surface area contributed by atoms with Crippen molar-refractivity contribution in [1.29, 1.82) is 0 Å². The van der Waals surface area contributed by atoms with Crippen LogP contribution in [0.3, 0.4) is 0 Å². The lowest BCUT2D eigenvalue weighted by molar-refractivity contribution is 0.00835. The summed E-state index contributed by atoms with van der Waals surface area (Å²) in [5.74, 6) is 0.915. The summed E-state index contributed by atoms with van der Waals surface area (Å²) in [6, 6.07) is 0.608. The Labute approximate surface area is 125 Å². The van der Waals surface area contributed by atoms with Crippen LogP contribution in [0.25, 0.3) is 0 Å². The van der Waals surface area contributed by atoms with Crippen LogP contribution in [-0.2, 0) is 4.74 Å². The van der Waals surface area contributed by atoms with Gasteiger partial charge in [-0.25, -0.2) is 0 Å². The molecule has 2 fully saturated rings. The zero-order chi connectivity index (χ0) is 14.8. The lowest BCUT2D eigenvalue weighted by Gasteiger charge is -2.51. The number of rotatable bonds is 6. The third-order valence-electron chi connectivity index (χ3n) is 5.36. The highest BCUT2D eigenvalue weighted by Crippen LogP contribution is 2.44. The molecule has 0 spiro atoms. The standard InChI is InChI=1S/C17H34N2O/c1-16(2,3)15-12-19(10-6-7-11-20-5)17(4,13-18-15)14-8-9-14/h14-15,18H,6-13H2,1-5H3. The van der Waals surface area contributed by atoms with Crippen LogP contribution < -0.4 is 5.32 Å². The third kappa shape index (κ3) is 3.75. The summed E-state index contributed by atoms with van der Waals surface area (Å²) < 4.78 is 5.19. The first-order valence-electron chi connectivity index (χ1n) is 8.35. The average Bonchev–Trinajstić information content (AvgIpc) is 3.19. The van der Waals surface area contributed by atoms with Gasteiger partial charge in [0.25, 0.3) is 0 Å². The van der Waals surface area contributed by atoms with Crippen molar-refractivity contribution in [3.8, 4) is 0 Å². The van der Waals surface area contributed by atoms with E-state index in [-0.39, 0.29) is 0 Å². The van der Waals surface area contributed by atoms with E-state index in [1.165, 1.54) is 38.8 Å². The van der Waals surface area contributed by atoms with Gasteiger partial charge >= 0.3 is 0 Å². The molecule has 0 aromatic rings. The van der Waals surface area contributed by atoms with Crippen LogP contribution >= 0.6 is 0 Å². The molecule has 1 N–H and O–H groups in total. The Morgan fingerprint density at radius 1 is 1.25 bits per heavy atom. The van der Waals surface area contributed by atoms with E-state index in [1.807, 2.05) is 0 Å². The molecule has 1 saturated carbocycles. The second-order valence-corrected chi connectivity index (χ2v) is 8.08. The molecular weight excluding hydrogens is 248 g/mol. The molecule has 3 heteroatoms. The van der Waals surface area contributed by atoms with Crippen molar-refractivity contribution in [2.24, 2.45) is 11.3 Å². The molecule has 1 aliphatic heterocycles. The Kier molecular flexibility index (Phi) is 5.14. The van der Waals surface area contributed by atoms with E-state index in [9.17, 15) is 0 Å². The molecular formula is C17H34N2O. The van der Waals surface area contributed by atoms with Crippen molar-refractivity contribution in [2.45, 2.75) is 65.0 Å². The summed E-state index contributed by atoms with van der Waals surface area (Å²) in [7, 11) is 1.80. The second-order valence-electron chi connectivity index (χ2n) is 8.08. The molecule has 2 atom stereocenters. The van der Waals surface area contributed by atoms with Crippen molar-refractivity contribution in [1.82, 2.24) is 10.2 Å². The summed E-state index contributed by atoms with van der Waals surface area (Å²) >= 11 is 0. The molecule has 2 aliphatic rings. The SMILES string of the molecule is COCCCCN1CC(C(C)(C)C)NCC1(C)C1CC1. The maximum absolute atomic E-state index is 5.19. The average molecular weight is 282 g/mol. The summed E-state index contributed by atoms with van der Waals surface area (Å²) in [5, 5.41) is 3.84. The predicted octanol–water partition coefficient (Wildman–Crippen LogP) is 2.90. The van der Waals surface area contributed by atoms with Crippen molar-refractivity contribution >= 4 is 0 Å². The van der Waals surface area contributed by atoms with Gasteiger partial charge in [0, 0.05) is 38.4 Å². The summed E-state index contributed by atoms with van der Waals surface area (Å²) in [5.41, 5.74) is 0.727. The minimum Gasteiger partial charge on any atom is -0.385 e. The molecule has 118 valence electrons. The van der Waals surface area contributed by atoms with Gasteiger partial charge in [-0.2, -0.15) is 0 Å². The molecule has 1 heterocycles. The Balaban J connectivity index is 1.96. The Bertz CT molecular complexity index is 309. The molecule has 1 aliphatic carbocycles. The summed E-state index contributed by atoms with van der Waals surface area (Å²) in [6.45, 7) is 14.0. The monoisotopic (exact) mass is 282 g/mol. The van der Waals surface area contributed by atoms with E-state index in [1.54, 1.807) is 7.11 Å². The third-order valence-corrected chi connectivity index (χ3v) is 5.36. The summed E-state index contributed by atoms with van der Waals surface area (Å²) in [4.78, 5) is 2.78. The van der Waals surface area contributed by atoms with E-state index in [2.05, 4.69) is 37.9 Å². The number of ether oxygens (including phenoxy) is 1. The molecule has 0 amide bonds. The Morgan fingerprint density at radius 2 is 1.95 bits per heavy atom. The fourth-order valence-electron chi connectivity index (χ4n) is 3.52. The minimum atomic E-state index is 0.343. The van der Waals surface area contributed by atoms with Crippen LogP contribution in [0.5, 0.6) is 0 Å². The van der Waals surface area contributed by atoms with Crippen molar-refractivity contribution in [3.05, 3.63) is 0 Å². The molecule has 0 aromatic heterocycles. The van der Waals surface area contributed by atoms with E-state index >= 15 is 0 Å². The molecule has 2 rings (SSSR count).